The third-order valence-corrected chi connectivity index (χ3v) is 4.50. The smallest absolute Gasteiger partial charge is 0.407 e. The van der Waals surface area contributed by atoms with Crippen LogP contribution in [0.3, 0.4) is 0 Å². The predicted octanol–water partition coefficient (Wildman–Crippen LogP) is 4.32. The molecule has 0 saturated heterocycles. The summed E-state index contributed by atoms with van der Waals surface area (Å²) in [5, 5.41) is 11.8. The Morgan fingerprint density at radius 2 is 1.77 bits per heavy atom. The Kier molecular flexibility index (Phi) is 6.59. The fourth-order valence-electron chi connectivity index (χ4n) is 2.64. The van der Waals surface area contributed by atoms with Gasteiger partial charge < -0.3 is 24.3 Å². The first-order valence-electron chi connectivity index (χ1n) is 9.68. The molecule has 162 valence electrons. The van der Waals surface area contributed by atoms with Crippen LogP contribution in [-0.2, 0) is 22.7 Å². The number of nitrogens with one attached hydrogen (secondary N) is 1. The van der Waals surface area contributed by atoms with Crippen molar-refractivity contribution in [3.8, 4) is 17.2 Å². The normalized spacial score (nSPS) is 11.1. The van der Waals surface area contributed by atoms with Gasteiger partial charge in [0.25, 0.3) is 0 Å². The van der Waals surface area contributed by atoms with Crippen LogP contribution in [-0.4, -0.2) is 27.8 Å². The van der Waals surface area contributed by atoms with E-state index in [0.717, 1.165) is 11.1 Å². The average molecular weight is 424 g/mol. The van der Waals surface area contributed by atoms with E-state index in [2.05, 4.69) is 10.3 Å². The first kappa shape index (κ1) is 21.9. The van der Waals surface area contributed by atoms with E-state index in [4.69, 9.17) is 19.0 Å². The summed E-state index contributed by atoms with van der Waals surface area (Å²) < 4.78 is 16.3. The van der Waals surface area contributed by atoms with Crippen LogP contribution in [0, 0.1) is 6.92 Å². The number of oxazole rings is 1. The van der Waals surface area contributed by atoms with E-state index >= 15 is 0 Å². The molecule has 3 rings (SSSR count). The van der Waals surface area contributed by atoms with E-state index in [1.807, 2.05) is 30.3 Å². The fraction of sp³-hybridized carbons (Fsp3) is 0.261. The minimum Gasteiger partial charge on any atom is -0.478 e. The number of amides is 1. The molecule has 1 aromatic heterocycles. The van der Waals surface area contributed by atoms with Gasteiger partial charge in [-0.15, -0.1) is 0 Å². The molecular weight excluding hydrogens is 400 g/mol. The van der Waals surface area contributed by atoms with Crippen molar-refractivity contribution in [3.63, 3.8) is 0 Å². The second kappa shape index (κ2) is 9.34. The van der Waals surface area contributed by atoms with Crippen LogP contribution in [0.1, 0.15) is 30.9 Å². The van der Waals surface area contributed by atoms with Crippen molar-refractivity contribution < 1.29 is 28.6 Å². The molecular formula is C23H24N2O6. The van der Waals surface area contributed by atoms with Crippen LogP contribution in [0.2, 0.25) is 0 Å². The molecule has 0 aliphatic heterocycles. The zero-order chi connectivity index (χ0) is 22.4. The highest BCUT2D eigenvalue weighted by atomic mass is 16.5. The van der Waals surface area contributed by atoms with Crippen molar-refractivity contribution in [2.75, 3.05) is 0 Å². The second-order valence-corrected chi connectivity index (χ2v) is 7.38. The summed E-state index contributed by atoms with van der Waals surface area (Å²) in [5.41, 5.74) is 0.877. The van der Waals surface area contributed by atoms with Crippen LogP contribution >= 0.6 is 0 Å². The molecule has 1 heterocycles. The molecule has 0 saturated carbocycles. The summed E-state index contributed by atoms with van der Waals surface area (Å²) in [4.78, 5) is 27.6. The summed E-state index contributed by atoms with van der Waals surface area (Å²) >= 11 is 0. The van der Waals surface area contributed by atoms with Crippen LogP contribution in [0.25, 0.3) is 11.5 Å². The number of carboxylic acid groups (broad SMARTS) is 1. The number of alkyl carbamates (subject to hydrolysis) is 1. The number of benzene rings is 2. The van der Waals surface area contributed by atoms with E-state index in [1.54, 1.807) is 31.2 Å². The minimum absolute atomic E-state index is 0.00888. The lowest BCUT2D eigenvalue weighted by Gasteiger charge is -2.21. The molecule has 2 N–H and O–H groups in total. The number of nitrogens with zero attached hydrogens (tertiary/aromatic N) is 1. The highest BCUT2D eigenvalue weighted by Gasteiger charge is 2.29. The van der Waals surface area contributed by atoms with Crippen molar-refractivity contribution in [1.29, 1.82) is 0 Å². The third-order valence-electron chi connectivity index (χ3n) is 4.50. The Labute approximate surface area is 179 Å². The standard InChI is InChI=1S/C23H24N2O6/c1-15-19(25-20(30-15)17-7-5-4-6-8-17)14-29-22(28)24-13-16-9-11-18(12-10-16)31-23(2,3)21(26)27/h4-12H,13-14H2,1-3H3,(H,24,28)(H,26,27). The molecule has 0 spiro atoms. The second-order valence-electron chi connectivity index (χ2n) is 7.38. The fourth-order valence-corrected chi connectivity index (χ4v) is 2.64. The summed E-state index contributed by atoms with van der Waals surface area (Å²) in [6, 6.07) is 16.2. The first-order chi connectivity index (χ1) is 14.7. The molecule has 0 fully saturated rings. The summed E-state index contributed by atoms with van der Waals surface area (Å²) in [6.45, 7) is 4.95. The largest absolute Gasteiger partial charge is 0.478 e. The van der Waals surface area contributed by atoms with Gasteiger partial charge in [0.1, 0.15) is 23.8 Å². The van der Waals surface area contributed by atoms with Gasteiger partial charge in [-0.3, -0.25) is 0 Å². The lowest BCUT2D eigenvalue weighted by Crippen LogP contribution is -2.37. The zero-order valence-corrected chi connectivity index (χ0v) is 17.5. The monoisotopic (exact) mass is 424 g/mol. The molecule has 0 bridgehead atoms. The summed E-state index contributed by atoms with van der Waals surface area (Å²) in [6.07, 6.45) is -0.587. The number of aryl methyl sites for hydroxylation is 1. The number of aromatic nitrogens is 1. The van der Waals surface area contributed by atoms with E-state index in [-0.39, 0.29) is 13.2 Å². The van der Waals surface area contributed by atoms with Gasteiger partial charge in [-0.05, 0) is 50.6 Å². The van der Waals surface area contributed by atoms with Crippen LogP contribution in [0.4, 0.5) is 4.79 Å². The topological polar surface area (TPSA) is 111 Å². The van der Waals surface area contributed by atoms with Gasteiger partial charge in [0, 0.05) is 12.1 Å². The third kappa shape index (κ3) is 5.85. The van der Waals surface area contributed by atoms with Gasteiger partial charge in [0.05, 0.1) is 0 Å². The van der Waals surface area contributed by atoms with Crippen molar-refractivity contribution in [3.05, 3.63) is 71.6 Å². The number of hydrogen-bond acceptors (Lipinski definition) is 6. The Morgan fingerprint density at radius 1 is 1.10 bits per heavy atom. The number of ether oxygens (including phenoxy) is 2. The van der Waals surface area contributed by atoms with Crippen molar-refractivity contribution in [2.24, 2.45) is 0 Å². The highest BCUT2D eigenvalue weighted by molar-refractivity contribution is 5.76. The molecule has 1 amide bonds. The van der Waals surface area contributed by atoms with Gasteiger partial charge in [0.15, 0.2) is 5.60 Å². The number of aliphatic carboxylic acids is 1. The molecule has 31 heavy (non-hydrogen) atoms. The SMILES string of the molecule is Cc1oc(-c2ccccc2)nc1COC(=O)NCc1ccc(OC(C)(C)C(=O)O)cc1. The quantitative estimate of drug-likeness (QED) is 0.554. The van der Waals surface area contributed by atoms with E-state index < -0.39 is 17.7 Å². The molecule has 0 atom stereocenters. The van der Waals surface area contributed by atoms with Crippen molar-refractivity contribution >= 4 is 12.1 Å². The maximum Gasteiger partial charge on any atom is 0.407 e. The van der Waals surface area contributed by atoms with Crippen LogP contribution in [0.5, 0.6) is 5.75 Å². The number of carbonyl (C=O) groups is 2. The number of carboxylic acids is 1. The van der Waals surface area contributed by atoms with Crippen molar-refractivity contribution in [1.82, 2.24) is 10.3 Å². The van der Waals surface area contributed by atoms with Gasteiger partial charge in [0.2, 0.25) is 5.89 Å². The van der Waals surface area contributed by atoms with E-state index in [1.165, 1.54) is 13.8 Å². The van der Waals surface area contributed by atoms with Crippen LogP contribution in [0.15, 0.2) is 59.0 Å². The molecule has 2 aromatic carbocycles. The maximum atomic E-state index is 12.0. The van der Waals surface area contributed by atoms with E-state index in [0.29, 0.717) is 23.1 Å². The van der Waals surface area contributed by atoms with Gasteiger partial charge in [-0.1, -0.05) is 30.3 Å². The zero-order valence-electron chi connectivity index (χ0n) is 17.5. The highest BCUT2D eigenvalue weighted by Crippen LogP contribution is 2.22. The lowest BCUT2D eigenvalue weighted by atomic mass is 10.1. The first-order valence-corrected chi connectivity index (χ1v) is 9.68. The predicted molar refractivity (Wildman–Crippen MR) is 112 cm³/mol. The Bertz CT molecular complexity index is 1040. The molecule has 0 aliphatic rings. The summed E-state index contributed by atoms with van der Waals surface area (Å²) in [7, 11) is 0. The Morgan fingerprint density at radius 3 is 2.42 bits per heavy atom. The average Bonchev–Trinajstić information content (AvgIpc) is 3.12. The number of hydrogen-bond donors (Lipinski definition) is 2. The summed E-state index contributed by atoms with van der Waals surface area (Å²) in [5.74, 6) is 0.436. The van der Waals surface area contributed by atoms with Crippen molar-refractivity contribution in [2.45, 2.75) is 39.5 Å². The van der Waals surface area contributed by atoms with E-state index in [9.17, 15) is 9.59 Å². The molecule has 3 aromatic rings. The van der Waals surface area contributed by atoms with Gasteiger partial charge in [-0.2, -0.15) is 0 Å². The number of rotatable bonds is 8. The molecule has 0 aliphatic carbocycles. The van der Waals surface area contributed by atoms with Gasteiger partial charge in [-0.25, -0.2) is 14.6 Å². The Balaban J connectivity index is 1.49. The minimum atomic E-state index is -1.33. The van der Waals surface area contributed by atoms with Crippen LogP contribution < -0.4 is 10.1 Å². The maximum absolute atomic E-state index is 12.0. The number of carbonyl (C=O) groups excluding carboxylic acids is 1. The van der Waals surface area contributed by atoms with Gasteiger partial charge >= 0.3 is 12.1 Å². The Hall–Kier alpha value is -3.81. The molecule has 0 radical (unpaired) electrons. The molecule has 8 nitrogen and oxygen atoms in total. The lowest BCUT2D eigenvalue weighted by molar-refractivity contribution is -0.152. The molecule has 0 unspecified atom stereocenters. The molecule has 8 heteroatoms.